The van der Waals surface area contributed by atoms with Gasteiger partial charge in [-0.2, -0.15) is 0 Å². The van der Waals surface area contributed by atoms with Crippen LogP contribution in [0.15, 0.2) is 12.5 Å². The van der Waals surface area contributed by atoms with Gasteiger partial charge in [0.2, 0.25) is 0 Å². The van der Waals surface area contributed by atoms with Gasteiger partial charge in [0.05, 0.1) is 18.3 Å². The number of nitrogens with zero attached hydrogens (tertiary/aromatic N) is 2. The standard InChI is InChI=1S/C17H28N2O3/c1-7-15(12(2)20)13(8-14-9-18-11-19(14)6)10-22-16(21)17(3,4)5/h9,11,13,15H,7-8,10H2,1-6H3/t13?,15-/m1/s1. The molecule has 0 aromatic carbocycles. The maximum Gasteiger partial charge on any atom is 0.311 e. The van der Waals surface area contributed by atoms with E-state index in [0.717, 1.165) is 12.1 Å². The zero-order valence-electron chi connectivity index (χ0n) is 14.5. The molecule has 1 rings (SSSR count). The molecule has 124 valence electrons. The van der Waals surface area contributed by atoms with E-state index >= 15 is 0 Å². The molecule has 0 saturated heterocycles. The largest absolute Gasteiger partial charge is 0.465 e. The van der Waals surface area contributed by atoms with Gasteiger partial charge in [0.1, 0.15) is 5.78 Å². The predicted molar refractivity (Wildman–Crippen MR) is 85.3 cm³/mol. The number of aromatic nitrogens is 2. The summed E-state index contributed by atoms with van der Waals surface area (Å²) < 4.78 is 7.41. The van der Waals surface area contributed by atoms with Crippen LogP contribution >= 0.6 is 0 Å². The van der Waals surface area contributed by atoms with Crippen LogP contribution in [0.5, 0.6) is 0 Å². The van der Waals surface area contributed by atoms with E-state index in [1.54, 1.807) is 19.4 Å². The minimum atomic E-state index is -0.533. The van der Waals surface area contributed by atoms with E-state index in [1.807, 2.05) is 39.3 Å². The molecule has 0 fully saturated rings. The van der Waals surface area contributed by atoms with Crippen molar-refractivity contribution < 1.29 is 14.3 Å². The summed E-state index contributed by atoms with van der Waals surface area (Å²) >= 11 is 0. The lowest BCUT2D eigenvalue weighted by atomic mass is 9.84. The number of imidazole rings is 1. The zero-order valence-corrected chi connectivity index (χ0v) is 14.5. The Morgan fingerprint density at radius 2 is 2.00 bits per heavy atom. The maximum absolute atomic E-state index is 12.0. The SMILES string of the molecule is CC[C@H](C(C)=O)C(COC(=O)C(C)(C)C)Cc1cncn1C. The lowest BCUT2D eigenvalue weighted by molar-refractivity contribution is -0.155. The number of hydrogen-bond donors (Lipinski definition) is 0. The first-order valence-corrected chi connectivity index (χ1v) is 7.79. The van der Waals surface area contributed by atoms with E-state index in [1.165, 1.54) is 0 Å². The fourth-order valence-electron chi connectivity index (χ4n) is 2.52. The summed E-state index contributed by atoms with van der Waals surface area (Å²) in [7, 11) is 1.93. The lowest BCUT2D eigenvalue weighted by Gasteiger charge is -2.26. The first kappa shape index (κ1) is 18.4. The molecule has 5 heteroatoms. The van der Waals surface area contributed by atoms with Crippen molar-refractivity contribution in [3.63, 3.8) is 0 Å². The molecule has 22 heavy (non-hydrogen) atoms. The molecular formula is C17H28N2O3. The number of hydrogen-bond acceptors (Lipinski definition) is 4. The summed E-state index contributed by atoms with van der Waals surface area (Å²) in [5, 5.41) is 0. The number of esters is 1. The van der Waals surface area contributed by atoms with Crippen LogP contribution in [0.4, 0.5) is 0 Å². The first-order chi connectivity index (χ1) is 10.2. The summed E-state index contributed by atoms with van der Waals surface area (Å²) in [6.45, 7) is 9.35. The lowest BCUT2D eigenvalue weighted by Crippen LogP contribution is -2.31. The molecule has 0 saturated carbocycles. The second-order valence-electron chi connectivity index (χ2n) is 6.93. The summed E-state index contributed by atoms with van der Waals surface area (Å²) in [6, 6.07) is 0. The number of carbonyl (C=O) groups is 2. The van der Waals surface area contributed by atoms with Gasteiger partial charge in [-0.1, -0.05) is 6.92 Å². The Labute approximate surface area is 133 Å². The number of ketones is 1. The van der Waals surface area contributed by atoms with Gasteiger partial charge >= 0.3 is 5.97 Å². The average Bonchev–Trinajstić information content (AvgIpc) is 2.80. The summed E-state index contributed by atoms with van der Waals surface area (Å²) in [6.07, 6.45) is 4.95. The zero-order chi connectivity index (χ0) is 16.9. The van der Waals surface area contributed by atoms with Crippen LogP contribution in [0, 0.1) is 17.3 Å². The number of carbonyl (C=O) groups excluding carboxylic acids is 2. The molecule has 1 aromatic rings. The quantitative estimate of drug-likeness (QED) is 0.727. The number of rotatable bonds is 7. The highest BCUT2D eigenvalue weighted by Gasteiger charge is 2.29. The van der Waals surface area contributed by atoms with Gasteiger partial charge in [-0.15, -0.1) is 0 Å². The maximum atomic E-state index is 12.0. The van der Waals surface area contributed by atoms with Crippen LogP contribution in [0.1, 0.15) is 46.7 Å². The monoisotopic (exact) mass is 308 g/mol. The van der Waals surface area contributed by atoms with Crippen LogP contribution in [-0.4, -0.2) is 27.9 Å². The van der Waals surface area contributed by atoms with Crippen molar-refractivity contribution in [2.45, 2.75) is 47.5 Å². The number of Topliss-reactive ketones (excluding diaryl/α,β-unsaturated/α-hetero) is 1. The Balaban J connectivity index is 2.85. The van der Waals surface area contributed by atoms with Gasteiger partial charge < -0.3 is 9.30 Å². The molecule has 0 bridgehead atoms. The van der Waals surface area contributed by atoms with Crippen LogP contribution < -0.4 is 0 Å². The van der Waals surface area contributed by atoms with Crippen LogP contribution in [-0.2, 0) is 27.8 Å². The van der Waals surface area contributed by atoms with Crippen LogP contribution in [0.25, 0.3) is 0 Å². The van der Waals surface area contributed by atoms with Crippen molar-refractivity contribution in [1.29, 1.82) is 0 Å². The Morgan fingerprint density at radius 1 is 1.36 bits per heavy atom. The molecule has 0 N–H and O–H groups in total. The van der Waals surface area contributed by atoms with Crippen LogP contribution in [0.2, 0.25) is 0 Å². The van der Waals surface area contributed by atoms with E-state index < -0.39 is 5.41 Å². The molecule has 0 radical (unpaired) electrons. The summed E-state index contributed by atoms with van der Waals surface area (Å²) in [5.41, 5.74) is 0.506. The molecule has 0 spiro atoms. The number of ether oxygens (including phenoxy) is 1. The van der Waals surface area contributed by atoms with E-state index in [0.29, 0.717) is 6.42 Å². The van der Waals surface area contributed by atoms with E-state index in [9.17, 15) is 9.59 Å². The van der Waals surface area contributed by atoms with Gasteiger partial charge in [-0.05, 0) is 40.5 Å². The topological polar surface area (TPSA) is 61.2 Å². The highest BCUT2D eigenvalue weighted by atomic mass is 16.5. The van der Waals surface area contributed by atoms with Gasteiger partial charge in [0.25, 0.3) is 0 Å². The van der Waals surface area contributed by atoms with Crippen molar-refractivity contribution in [3.05, 3.63) is 18.2 Å². The smallest absolute Gasteiger partial charge is 0.311 e. The van der Waals surface area contributed by atoms with Gasteiger partial charge in [0.15, 0.2) is 0 Å². The Bertz CT molecular complexity index is 514. The van der Waals surface area contributed by atoms with Crippen molar-refractivity contribution in [1.82, 2.24) is 9.55 Å². The van der Waals surface area contributed by atoms with Gasteiger partial charge in [-0.3, -0.25) is 9.59 Å². The van der Waals surface area contributed by atoms with E-state index in [4.69, 9.17) is 4.74 Å². The Kier molecular flexibility index (Phi) is 6.33. The molecule has 1 unspecified atom stereocenters. The summed E-state index contributed by atoms with van der Waals surface area (Å²) in [4.78, 5) is 28.0. The van der Waals surface area contributed by atoms with E-state index in [-0.39, 0.29) is 30.2 Å². The van der Waals surface area contributed by atoms with Crippen molar-refractivity contribution >= 4 is 11.8 Å². The van der Waals surface area contributed by atoms with Gasteiger partial charge in [-0.25, -0.2) is 4.98 Å². The molecule has 5 nitrogen and oxygen atoms in total. The third-order valence-corrected chi connectivity index (χ3v) is 3.96. The molecule has 1 heterocycles. The molecule has 0 aliphatic carbocycles. The van der Waals surface area contributed by atoms with Crippen LogP contribution in [0.3, 0.4) is 0 Å². The third-order valence-electron chi connectivity index (χ3n) is 3.96. The minimum absolute atomic E-state index is 0.0239. The minimum Gasteiger partial charge on any atom is -0.465 e. The second kappa shape index (κ2) is 7.56. The van der Waals surface area contributed by atoms with Gasteiger partial charge in [0, 0.05) is 30.8 Å². The second-order valence-corrected chi connectivity index (χ2v) is 6.93. The van der Waals surface area contributed by atoms with Crippen molar-refractivity contribution in [2.24, 2.45) is 24.3 Å². The van der Waals surface area contributed by atoms with E-state index in [2.05, 4.69) is 4.98 Å². The fraction of sp³-hybridized carbons (Fsp3) is 0.706. The molecular weight excluding hydrogens is 280 g/mol. The Hall–Kier alpha value is -1.65. The highest BCUT2D eigenvalue weighted by molar-refractivity contribution is 5.79. The van der Waals surface area contributed by atoms with Crippen molar-refractivity contribution in [3.8, 4) is 0 Å². The molecule has 0 aliphatic heterocycles. The molecule has 2 atom stereocenters. The Morgan fingerprint density at radius 3 is 2.41 bits per heavy atom. The predicted octanol–water partition coefficient (Wildman–Crippen LogP) is 2.78. The summed E-state index contributed by atoms with van der Waals surface area (Å²) in [5.74, 6) is -0.228. The number of aryl methyl sites for hydroxylation is 1. The van der Waals surface area contributed by atoms with Crippen molar-refractivity contribution in [2.75, 3.05) is 6.61 Å². The molecule has 0 amide bonds. The molecule has 0 aliphatic rings. The normalized spacial score (nSPS) is 14.5. The fourth-order valence-corrected chi connectivity index (χ4v) is 2.52. The first-order valence-electron chi connectivity index (χ1n) is 7.79. The third kappa shape index (κ3) is 4.97. The highest BCUT2D eigenvalue weighted by Crippen LogP contribution is 2.24. The average molecular weight is 308 g/mol. The molecule has 1 aromatic heterocycles.